The quantitative estimate of drug-likeness (QED) is 0.847. The van der Waals surface area contributed by atoms with E-state index in [9.17, 15) is 14.0 Å². The normalized spacial score (nSPS) is 16.3. The van der Waals surface area contributed by atoms with E-state index in [0.29, 0.717) is 42.3 Å². The van der Waals surface area contributed by atoms with Gasteiger partial charge in [-0.15, -0.1) is 0 Å². The number of carbonyl (C=O) groups excluding carboxylic acids is 2. The van der Waals surface area contributed by atoms with Crippen LogP contribution in [0.3, 0.4) is 0 Å². The third kappa shape index (κ3) is 4.02. The smallest absolute Gasteiger partial charge is 0.255 e. The van der Waals surface area contributed by atoms with Gasteiger partial charge in [0.25, 0.3) is 5.91 Å². The molecule has 0 spiro atoms. The highest BCUT2D eigenvalue weighted by atomic mass is 19.1. The van der Waals surface area contributed by atoms with Crippen molar-refractivity contribution in [1.82, 2.24) is 5.32 Å². The summed E-state index contributed by atoms with van der Waals surface area (Å²) in [5, 5.41) is 2.86. The van der Waals surface area contributed by atoms with Gasteiger partial charge in [-0.2, -0.15) is 0 Å². The Morgan fingerprint density at radius 1 is 1.19 bits per heavy atom. The zero-order valence-electron chi connectivity index (χ0n) is 15.2. The van der Waals surface area contributed by atoms with Crippen LogP contribution in [0, 0.1) is 11.7 Å². The molecule has 6 nitrogen and oxygen atoms in total. The number of halogens is 1. The number of rotatable bonds is 6. The van der Waals surface area contributed by atoms with Crippen LogP contribution in [0.15, 0.2) is 42.5 Å². The van der Waals surface area contributed by atoms with Gasteiger partial charge in [-0.3, -0.25) is 9.59 Å². The van der Waals surface area contributed by atoms with Crippen molar-refractivity contribution in [1.29, 1.82) is 0 Å². The third-order valence-electron chi connectivity index (χ3n) is 4.54. The van der Waals surface area contributed by atoms with E-state index in [2.05, 4.69) is 5.32 Å². The highest BCUT2D eigenvalue weighted by Crippen LogP contribution is 2.31. The summed E-state index contributed by atoms with van der Waals surface area (Å²) < 4.78 is 23.6. The van der Waals surface area contributed by atoms with Crippen LogP contribution in [0.5, 0.6) is 11.5 Å². The van der Waals surface area contributed by atoms with Crippen molar-refractivity contribution >= 4 is 17.5 Å². The fraction of sp³-hybridized carbons (Fsp3) is 0.300. The summed E-state index contributed by atoms with van der Waals surface area (Å²) in [6, 6.07) is 10.9. The summed E-state index contributed by atoms with van der Waals surface area (Å²) >= 11 is 0. The molecule has 0 bridgehead atoms. The maximum absolute atomic E-state index is 13.1. The minimum Gasteiger partial charge on any atom is -0.493 e. The molecule has 0 aromatic heterocycles. The number of ether oxygens (including phenoxy) is 2. The molecule has 1 heterocycles. The Balaban J connectivity index is 1.63. The molecule has 27 heavy (non-hydrogen) atoms. The van der Waals surface area contributed by atoms with Gasteiger partial charge in [-0.05, 0) is 36.4 Å². The van der Waals surface area contributed by atoms with Crippen molar-refractivity contribution in [3.63, 3.8) is 0 Å². The SMILES string of the molecule is COc1cccc(C(=O)NCC2CC(=O)N(c3ccc(F)cc3)C2)c1OC. The Morgan fingerprint density at radius 3 is 2.59 bits per heavy atom. The van der Waals surface area contributed by atoms with Crippen LogP contribution in [0.2, 0.25) is 0 Å². The number of hydrogen-bond acceptors (Lipinski definition) is 4. The molecule has 1 aliphatic heterocycles. The van der Waals surface area contributed by atoms with Crippen molar-refractivity contribution in [2.45, 2.75) is 6.42 Å². The van der Waals surface area contributed by atoms with Crippen LogP contribution < -0.4 is 19.7 Å². The van der Waals surface area contributed by atoms with Crippen LogP contribution in [0.4, 0.5) is 10.1 Å². The van der Waals surface area contributed by atoms with E-state index < -0.39 is 0 Å². The molecule has 0 radical (unpaired) electrons. The first-order valence-corrected chi connectivity index (χ1v) is 8.58. The summed E-state index contributed by atoms with van der Waals surface area (Å²) in [5.74, 6) is 0.138. The largest absolute Gasteiger partial charge is 0.493 e. The van der Waals surface area contributed by atoms with Gasteiger partial charge in [-0.1, -0.05) is 6.07 Å². The Morgan fingerprint density at radius 2 is 1.93 bits per heavy atom. The molecule has 0 aliphatic carbocycles. The average molecular weight is 372 g/mol. The van der Waals surface area contributed by atoms with Crippen LogP contribution in [-0.4, -0.2) is 39.1 Å². The van der Waals surface area contributed by atoms with Gasteiger partial charge in [0, 0.05) is 31.1 Å². The topological polar surface area (TPSA) is 67.9 Å². The molecule has 0 saturated carbocycles. The van der Waals surface area contributed by atoms with E-state index in [1.807, 2.05) is 0 Å². The predicted molar refractivity (Wildman–Crippen MR) is 98.7 cm³/mol. The Hall–Kier alpha value is -3.09. The second-order valence-corrected chi connectivity index (χ2v) is 6.30. The maximum Gasteiger partial charge on any atom is 0.255 e. The Labute approximate surface area is 156 Å². The van der Waals surface area contributed by atoms with Gasteiger partial charge in [0.05, 0.1) is 19.8 Å². The standard InChI is InChI=1S/C20H21FN2O4/c1-26-17-5-3-4-16(19(17)27-2)20(25)22-11-13-10-18(24)23(12-13)15-8-6-14(21)7-9-15/h3-9,13H,10-12H2,1-2H3,(H,22,25). The lowest BCUT2D eigenvalue weighted by Gasteiger charge is -2.17. The zero-order valence-corrected chi connectivity index (χ0v) is 15.2. The van der Waals surface area contributed by atoms with Crippen molar-refractivity contribution in [2.24, 2.45) is 5.92 Å². The van der Waals surface area contributed by atoms with Gasteiger partial charge < -0.3 is 19.7 Å². The summed E-state index contributed by atoms with van der Waals surface area (Å²) in [6.07, 6.45) is 0.326. The number of carbonyl (C=O) groups is 2. The van der Waals surface area contributed by atoms with Gasteiger partial charge >= 0.3 is 0 Å². The lowest BCUT2D eigenvalue weighted by Crippen LogP contribution is -2.31. The first-order chi connectivity index (χ1) is 13.0. The van der Waals surface area contributed by atoms with Gasteiger partial charge in [0.1, 0.15) is 5.82 Å². The molecule has 1 atom stereocenters. The van der Waals surface area contributed by atoms with E-state index in [1.165, 1.54) is 26.4 Å². The lowest BCUT2D eigenvalue weighted by molar-refractivity contribution is -0.117. The second kappa shape index (κ2) is 8.07. The number of hydrogen-bond donors (Lipinski definition) is 1. The van der Waals surface area contributed by atoms with Crippen molar-refractivity contribution in [2.75, 3.05) is 32.2 Å². The third-order valence-corrected chi connectivity index (χ3v) is 4.54. The van der Waals surface area contributed by atoms with E-state index in [-0.39, 0.29) is 23.5 Å². The van der Waals surface area contributed by atoms with Crippen molar-refractivity contribution in [3.05, 3.63) is 53.8 Å². The molecule has 1 fully saturated rings. The molecule has 7 heteroatoms. The highest BCUT2D eigenvalue weighted by molar-refractivity contribution is 5.98. The van der Waals surface area contributed by atoms with Crippen molar-refractivity contribution < 1.29 is 23.5 Å². The number of nitrogens with zero attached hydrogens (tertiary/aromatic N) is 1. The van der Waals surface area contributed by atoms with Gasteiger partial charge in [0.2, 0.25) is 5.91 Å². The molecule has 3 rings (SSSR count). The molecule has 142 valence electrons. The highest BCUT2D eigenvalue weighted by Gasteiger charge is 2.31. The number of para-hydroxylation sites is 1. The number of amides is 2. The number of benzene rings is 2. The molecular weight excluding hydrogens is 351 g/mol. The molecule has 2 amide bonds. The summed E-state index contributed by atoms with van der Waals surface area (Å²) in [4.78, 5) is 26.4. The molecule has 2 aromatic rings. The zero-order chi connectivity index (χ0) is 19.4. The summed E-state index contributed by atoms with van der Waals surface area (Å²) in [7, 11) is 2.98. The monoisotopic (exact) mass is 372 g/mol. The first-order valence-electron chi connectivity index (χ1n) is 8.58. The Bertz CT molecular complexity index is 838. The number of methoxy groups -OCH3 is 2. The molecule has 1 unspecified atom stereocenters. The first kappa shape index (κ1) is 18.7. The van der Waals surface area contributed by atoms with E-state index in [4.69, 9.17) is 9.47 Å². The number of nitrogens with one attached hydrogen (secondary N) is 1. The molecule has 1 saturated heterocycles. The summed E-state index contributed by atoms with van der Waals surface area (Å²) in [5.41, 5.74) is 1.03. The van der Waals surface area contributed by atoms with Gasteiger partial charge in [-0.25, -0.2) is 4.39 Å². The molecule has 1 aliphatic rings. The van der Waals surface area contributed by atoms with Crippen LogP contribution in [-0.2, 0) is 4.79 Å². The summed E-state index contributed by atoms with van der Waals surface area (Å²) in [6.45, 7) is 0.822. The van der Waals surface area contributed by atoms with Crippen LogP contribution in [0.1, 0.15) is 16.8 Å². The van der Waals surface area contributed by atoms with E-state index in [1.54, 1.807) is 35.2 Å². The molecule has 1 N–H and O–H groups in total. The van der Waals surface area contributed by atoms with Crippen molar-refractivity contribution in [3.8, 4) is 11.5 Å². The minimum absolute atomic E-state index is 0.0249. The van der Waals surface area contributed by atoms with E-state index in [0.717, 1.165) is 0 Å². The number of anilines is 1. The maximum atomic E-state index is 13.1. The van der Waals surface area contributed by atoms with E-state index >= 15 is 0 Å². The Kier molecular flexibility index (Phi) is 5.59. The fourth-order valence-corrected chi connectivity index (χ4v) is 3.19. The lowest BCUT2D eigenvalue weighted by atomic mass is 10.1. The fourth-order valence-electron chi connectivity index (χ4n) is 3.19. The van der Waals surface area contributed by atoms with Crippen LogP contribution in [0.25, 0.3) is 0 Å². The minimum atomic E-state index is -0.346. The molecule has 2 aromatic carbocycles. The molecular formula is C20H21FN2O4. The second-order valence-electron chi connectivity index (χ2n) is 6.30. The van der Waals surface area contributed by atoms with Crippen LogP contribution >= 0.6 is 0 Å². The predicted octanol–water partition coefficient (Wildman–Crippen LogP) is 2.63. The van der Waals surface area contributed by atoms with Gasteiger partial charge in [0.15, 0.2) is 11.5 Å². The average Bonchev–Trinajstić information content (AvgIpc) is 3.06.